The lowest BCUT2D eigenvalue weighted by molar-refractivity contribution is -0.384. The fourth-order valence-corrected chi connectivity index (χ4v) is 3.10. The van der Waals surface area contributed by atoms with Crippen LogP contribution in [0.2, 0.25) is 0 Å². The fraction of sp³-hybridized carbons (Fsp3) is 0.250. The molecule has 0 amide bonds. The Kier molecular flexibility index (Phi) is 4.61. The third-order valence-electron chi connectivity index (χ3n) is 3.44. The Hall–Kier alpha value is -2.48. The highest BCUT2D eigenvalue weighted by atomic mass is 32.2. The van der Waals surface area contributed by atoms with Crippen molar-refractivity contribution < 1.29 is 17.7 Å². The highest BCUT2D eigenvalue weighted by Gasteiger charge is 2.20. The number of non-ortho nitro benzene ring substituents is 1. The zero-order chi connectivity index (χ0) is 18.1. The van der Waals surface area contributed by atoms with Gasteiger partial charge in [0, 0.05) is 12.1 Å². The van der Waals surface area contributed by atoms with Gasteiger partial charge in [0.2, 0.25) is 0 Å². The van der Waals surface area contributed by atoms with Gasteiger partial charge in [0.05, 0.1) is 15.5 Å². The van der Waals surface area contributed by atoms with Gasteiger partial charge in [-0.3, -0.25) is 14.8 Å². The predicted molar refractivity (Wildman–Crippen MR) is 89.0 cm³/mol. The number of nitro benzene ring substituents is 1. The summed E-state index contributed by atoms with van der Waals surface area (Å²) in [5, 5.41) is 10.7. The largest absolute Gasteiger partial charge is 0.276 e. The number of benzene rings is 2. The number of hydrogen-bond acceptors (Lipinski definition) is 4. The number of sulfonamides is 1. The minimum atomic E-state index is -4.05. The lowest BCUT2D eigenvalue weighted by Gasteiger charge is -2.19. The fourth-order valence-electron chi connectivity index (χ4n) is 2.04. The van der Waals surface area contributed by atoms with E-state index in [2.05, 4.69) is 0 Å². The van der Waals surface area contributed by atoms with E-state index in [9.17, 15) is 22.9 Å². The second-order valence-electron chi connectivity index (χ2n) is 6.30. The van der Waals surface area contributed by atoms with Crippen molar-refractivity contribution in [3.63, 3.8) is 0 Å². The van der Waals surface area contributed by atoms with Gasteiger partial charge in [-0.1, -0.05) is 32.9 Å². The van der Waals surface area contributed by atoms with Crippen molar-refractivity contribution in [3.05, 3.63) is 64.0 Å². The van der Waals surface area contributed by atoms with Gasteiger partial charge in [-0.05, 0) is 29.2 Å². The molecule has 0 saturated heterocycles. The SMILES string of the molecule is CC(C)(C)c1ccc(S(=O)(=O)Nc2cc([N+](=O)[O-])ccc2F)cc1. The summed E-state index contributed by atoms with van der Waals surface area (Å²) in [4.78, 5) is 9.96. The first kappa shape index (κ1) is 17.9. The highest BCUT2D eigenvalue weighted by Crippen LogP contribution is 2.26. The van der Waals surface area contributed by atoms with Crippen LogP contribution < -0.4 is 4.72 Å². The summed E-state index contributed by atoms with van der Waals surface area (Å²) in [6.07, 6.45) is 0. The summed E-state index contributed by atoms with van der Waals surface area (Å²) < 4.78 is 40.5. The Morgan fingerprint density at radius 2 is 1.67 bits per heavy atom. The van der Waals surface area contributed by atoms with Gasteiger partial charge in [0.1, 0.15) is 5.82 Å². The number of hydrogen-bond donors (Lipinski definition) is 1. The molecule has 1 N–H and O–H groups in total. The smallest absolute Gasteiger partial charge is 0.271 e. The lowest BCUT2D eigenvalue weighted by atomic mass is 9.87. The molecule has 0 saturated carbocycles. The maximum atomic E-state index is 13.7. The summed E-state index contributed by atoms with van der Waals surface area (Å²) in [6.45, 7) is 5.98. The second-order valence-corrected chi connectivity index (χ2v) is 7.98. The molecule has 0 bridgehead atoms. The molecule has 0 radical (unpaired) electrons. The van der Waals surface area contributed by atoms with Crippen molar-refractivity contribution in [3.8, 4) is 0 Å². The monoisotopic (exact) mass is 352 g/mol. The highest BCUT2D eigenvalue weighted by molar-refractivity contribution is 7.92. The van der Waals surface area contributed by atoms with E-state index >= 15 is 0 Å². The Morgan fingerprint density at radius 3 is 2.17 bits per heavy atom. The molecule has 0 fully saturated rings. The minimum absolute atomic E-state index is 0.0543. The van der Waals surface area contributed by atoms with E-state index in [0.717, 1.165) is 23.8 Å². The number of nitro groups is 1. The number of halogens is 1. The van der Waals surface area contributed by atoms with Crippen molar-refractivity contribution in [1.29, 1.82) is 0 Å². The van der Waals surface area contributed by atoms with Crippen LogP contribution in [0.4, 0.5) is 15.8 Å². The van der Waals surface area contributed by atoms with Crippen LogP contribution in [0, 0.1) is 15.9 Å². The van der Waals surface area contributed by atoms with Crippen molar-refractivity contribution in [2.24, 2.45) is 0 Å². The molecule has 2 rings (SSSR count). The molecule has 0 atom stereocenters. The van der Waals surface area contributed by atoms with Crippen LogP contribution in [0.5, 0.6) is 0 Å². The topological polar surface area (TPSA) is 89.3 Å². The van der Waals surface area contributed by atoms with E-state index in [1.165, 1.54) is 12.1 Å². The van der Waals surface area contributed by atoms with E-state index in [0.29, 0.717) is 0 Å². The standard InChI is InChI=1S/C16H17FN2O4S/c1-16(2,3)11-4-7-13(8-5-11)24(22,23)18-15-10-12(19(20)21)6-9-14(15)17/h4-10,18H,1-3H3. The maximum Gasteiger partial charge on any atom is 0.271 e. The Labute approximate surface area is 139 Å². The van der Waals surface area contributed by atoms with Gasteiger partial charge in [-0.2, -0.15) is 0 Å². The summed E-state index contributed by atoms with van der Waals surface area (Å²) in [7, 11) is -4.05. The van der Waals surface area contributed by atoms with E-state index in [1.807, 2.05) is 25.5 Å². The van der Waals surface area contributed by atoms with Crippen LogP contribution in [-0.2, 0) is 15.4 Å². The third kappa shape index (κ3) is 3.88. The zero-order valence-corrected chi connectivity index (χ0v) is 14.2. The van der Waals surface area contributed by atoms with Gasteiger partial charge in [0.25, 0.3) is 15.7 Å². The molecular formula is C16H17FN2O4S. The van der Waals surface area contributed by atoms with Crippen molar-refractivity contribution in [1.82, 2.24) is 0 Å². The molecule has 128 valence electrons. The van der Waals surface area contributed by atoms with Gasteiger partial charge in [-0.15, -0.1) is 0 Å². The van der Waals surface area contributed by atoms with Gasteiger partial charge in [-0.25, -0.2) is 12.8 Å². The maximum absolute atomic E-state index is 13.7. The lowest BCUT2D eigenvalue weighted by Crippen LogP contribution is -2.15. The second kappa shape index (κ2) is 6.20. The quantitative estimate of drug-likeness (QED) is 0.669. The molecule has 6 nitrogen and oxygen atoms in total. The summed E-state index contributed by atoms with van der Waals surface area (Å²) >= 11 is 0. The average Bonchev–Trinajstić information content (AvgIpc) is 2.48. The van der Waals surface area contributed by atoms with Crippen LogP contribution in [-0.4, -0.2) is 13.3 Å². The van der Waals surface area contributed by atoms with Gasteiger partial charge in [0.15, 0.2) is 0 Å². The van der Waals surface area contributed by atoms with E-state index < -0.39 is 32.1 Å². The van der Waals surface area contributed by atoms with Crippen LogP contribution in [0.15, 0.2) is 47.4 Å². The first-order chi connectivity index (χ1) is 11.0. The van der Waals surface area contributed by atoms with Crippen molar-refractivity contribution in [2.45, 2.75) is 31.1 Å². The first-order valence-electron chi connectivity index (χ1n) is 7.08. The molecule has 0 unspecified atom stereocenters. The molecule has 0 spiro atoms. The molecule has 8 heteroatoms. The van der Waals surface area contributed by atoms with Crippen LogP contribution >= 0.6 is 0 Å². The Balaban J connectivity index is 2.35. The van der Waals surface area contributed by atoms with E-state index in [4.69, 9.17) is 0 Å². The Morgan fingerprint density at radius 1 is 1.08 bits per heavy atom. The molecule has 0 heterocycles. The summed E-state index contributed by atoms with van der Waals surface area (Å²) in [6, 6.07) is 8.84. The third-order valence-corrected chi connectivity index (χ3v) is 4.82. The molecule has 0 aromatic heterocycles. The van der Waals surface area contributed by atoms with Crippen LogP contribution in [0.25, 0.3) is 0 Å². The van der Waals surface area contributed by atoms with E-state index in [1.54, 1.807) is 12.1 Å². The Bertz CT molecular complexity index is 872. The molecule has 0 aliphatic rings. The number of rotatable bonds is 4. The molecule has 0 aliphatic carbocycles. The molecule has 0 aliphatic heterocycles. The average molecular weight is 352 g/mol. The normalized spacial score (nSPS) is 12.0. The molecular weight excluding hydrogens is 335 g/mol. The van der Waals surface area contributed by atoms with Crippen molar-refractivity contribution >= 4 is 21.4 Å². The van der Waals surface area contributed by atoms with Crippen LogP contribution in [0.1, 0.15) is 26.3 Å². The first-order valence-corrected chi connectivity index (χ1v) is 8.56. The van der Waals surface area contributed by atoms with Crippen LogP contribution in [0.3, 0.4) is 0 Å². The molecule has 2 aromatic carbocycles. The van der Waals surface area contributed by atoms with Gasteiger partial charge >= 0.3 is 0 Å². The number of nitrogens with one attached hydrogen (secondary N) is 1. The van der Waals surface area contributed by atoms with Gasteiger partial charge < -0.3 is 0 Å². The number of anilines is 1. The minimum Gasteiger partial charge on any atom is -0.276 e. The number of nitrogens with zero attached hydrogens (tertiary/aromatic N) is 1. The predicted octanol–water partition coefficient (Wildman–Crippen LogP) is 3.83. The molecule has 2 aromatic rings. The summed E-state index contributed by atoms with van der Waals surface area (Å²) in [5.74, 6) is -0.893. The summed E-state index contributed by atoms with van der Waals surface area (Å²) in [5.41, 5.74) is -0.0636. The zero-order valence-electron chi connectivity index (χ0n) is 13.4. The molecule has 24 heavy (non-hydrogen) atoms. The van der Waals surface area contributed by atoms with E-state index in [-0.39, 0.29) is 10.3 Å². The van der Waals surface area contributed by atoms with Crippen molar-refractivity contribution in [2.75, 3.05) is 4.72 Å².